The molecule has 0 radical (unpaired) electrons. The van der Waals surface area contributed by atoms with E-state index >= 15 is 0 Å². The zero-order valence-corrected chi connectivity index (χ0v) is 19.2. The number of rotatable bonds is 6. The van der Waals surface area contributed by atoms with E-state index in [4.69, 9.17) is 9.47 Å². The van der Waals surface area contributed by atoms with Gasteiger partial charge in [0.05, 0.1) is 19.3 Å². The molecule has 0 aromatic heterocycles. The summed E-state index contributed by atoms with van der Waals surface area (Å²) in [6.45, 7) is 4.89. The Kier molecular flexibility index (Phi) is 7.62. The number of hydrogen-bond donors (Lipinski definition) is 0. The topological polar surface area (TPSA) is 18.5 Å². The van der Waals surface area contributed by atoms with Crippen molar-refractivity contribution in [1.29, 1.82) is 0 Å². The van der Waals surface area contributed by atoms with Gasteiger partial charge in [-0.05, 0) is 87.5 Å². The Hall–Kier alpha value is -2.20. The van der Waals surface area contributed by atoms with Crippen LogP contribution < -0.4 is 4.74 Å². The molecule has 4 heteroatoms. The highest BCUT2D eigenvalue weighted by Crippen LogP contribution is 2.39. The summed E-state index contributed by atoms with van der Waals surface area (Å²) < 4.78 is 40.2. The molecule has 0 amide bonds. The van der Waals surface area contributed by atoms with Crippen LogP contribution in [0.4, 0.5) is 8.78 Å². The van der Waals surface area contributed by atoms with E-state index in [1.165, 1.54) is 37.3 Å². The van der Waals surface area contributed by atoms with Gasteiger partial charge in [-0.25, -0.2) is 4.39 Å². The predicted octanol–water partition coefficient (Wildman–Crippen LogP) is 7.68. The van der Waals surface area contributed by atoms with Crippen LogP contribution in [-0.2, 0) is 4.74 Å². The molecule has 1 saturated carbocycles. The Morgan fingerprint density at radius 2 is 1.69 bits per heavy atom. The molecule has 172 valence electrons. The van der Waals surface area contributed by atoms with E-state index in [1.54, 1.807) is 13.0 Å². The van der Waals surface area contributed by atoms with Gasteiger partial charge in [0.2, 0.25) is 5.82 Å². The van der Waals surface area contributed by atoms with Crippen molar-refractivity contribution in [2.75, 3.05) is 13.2 Å². The molecule has 32 heavy (non-hydrogen) atoms. The van der Waals surface area contributed by atoms with Crippen molar-refractivity contribution >= 4 is 0 Å². The highest BCUT2D eigenvalue weighted by atomic mass is 19.2. The molecule has 2 aliphatic rings. The predicted molar refractivity (Wildman–Crippen MR) is 125 cm³/mol. The van der Waals surface area contributed by atoms with E-state index in [0.29, 0.717) is 30.1 Å². The van der Waals surface area contributed by atoms with Gasteiger partial charge in [-0.15, -0.1) is 0 Å². The third-order valence-corrected chi connectivity index (χ3v) is 7.16. The Morgan fingerprint density at radius 1 is 0.938 bits per heavy atom. The average molecular weight is 441 g/mol. The molecule has 1 heterocycles. The van der Waals surface area contributed by atoms with E-state index in [1.807, 2.05) is 24.3 Å². The zero-order chi connectivity index (χ0) is 22.5. The van der Waals surface area contributed by atoms with Crippen LogP contribution in [0.2, 0.25) is 0 Å². The molecule has 1 aliphatic carbocycles. The molecule has 1 aliphatic heterocycles. The van der Waals surface area contributed by atoms with E-state index in [9.17, 15) is 8.78 Å². The van der Waals surface area contributed by atoms with Gasteiger partial charge in [-0.3, -0.25) is 0 Å². The van der Waals surface area contributed by atoms with Gasteiger partial charge in [0, 0.05) is 11.5 Å². The maximum atomic E-state index is 14.5. The van der Waals surface area contributed by atoms with E-state index in [2.05, 4.69) is 19.1 Å². The fraction of sp³-hybridized carbons (Fsp3) is 0.500. The number of allylic oxidation sites excluding steroid dienone is 2. The third kappa shape index (κ3) is 5.06. The Bertz CT molecular complexity index is 906. The monoisotopic (exact) mass is 440 g/mol. The standard InChI is InChI=1S/C28H34F2O2/c1-3-5-19-6-8-22(9-7-19)25-16-14-23(18-32-25)20-10-12-21(13-11-20)24-15-17-26(31-4-2)28(30)27(24)29/h3,5,10-13,15,17,19,22-23,25H,4,6-9,14,16,18H2,1-2H3. The molecule has 2 aromatic carbocycles. The van der Waals surface area contributed by atoms with E-state index in [0.717, 1.165) is 25.4 Å². The van der Waals surface area contributed by atoms with Crippen LogP contribution in [0.25, 0.3) is 11.1 Å². The summed E-state index contributed by atoms with van der Waals surface area (Å²) in [5, 5.41) is 0. The number of hydrogen-bond acceptors (Lipinski definition) is 2. The lowest BCUT2D eigenvalue weighted by Crippen LogP contribution is -2.33. The van der Waals surface area contributed by atoms with Crippen molar-refractivity contribution in [3.63, 3.8) is 0 Å². The number of halogens is 2. The van der Waals surface area contributed by atoms with Gasteiger partial charge in [0.25, 0.3) is 0 Å². The van der Waals surface area contributed by atoms with Crippen LogP contribution in [0.1, 0.15) is 63.9 Å². The number of ether oxygens (including phenoxy) is 2. The lowest BCUT2D eigenvalue weighted by molar-refractivity contribution is -0.0419. The Morgan fingerprint density at radius 3 is 2.31 bits per heavy atom. The summed E-state index contributed by atoms with van der Waals surface area (Å²) in [6.07, 6.45) is 12.2. The summed E-state index contributed by atoms with van der Waals surface area (Å²) in [4.78, 5) is 0. The molecular weight excluding hydrogens is 406 g/mol. The molecule has 4 rings (SSSR count). The summed E-state index contributed by atoms with van der Waals surface area (Å²) >= 11 is 0. The Balaban J connectivity index is 1.35. The van der Waals surface area contributed by atoms with Crippen molar-refractivity contribution in [2.24, 2.45) is 11.8 Å². The van der Waals surface area contributed by atoms with Gasteiger partial charge in [0.1, 0.15) is 0 Å². The minimum Gasteiger partial charge on any atom is -0.491 e. The second-order valence-corrected chi connectivity index (χ2v) is 9.14. The SMILES string of the molecule is CC=CC1CCC(C2CCC(c3ccc(-c4ccc(OCC)c(F)c4F)cc3)CO2)CC1. The maximum Gasteiger partial charge on any atom is 0.201 e. The smallest absolute Gasteiger partial charge is 0.201 e. The molecule has 2 unspecified atom stereocenters. The van der Waals surface area contributed by atoms with Crippen LogP contribution in [-0.4, -0.2) is 19.3 Å². The van der Waals surface area contributed by atoms with Crippen LogP contribution in [0, 0.1) is 23.5 Å². The first kappa shape index (κ1) is 23.0. The van der Waals surface area contributed by atoms with Gasteiger partial charge in [-0.1, -0.05) is 36.4 Å². The molecule has 1 saturated heterocycles. The van der Waals surface area contributed by atoms with E-state index < -0.39 is 11.6 Å². The Labute approximate surface area is 190 Å². The fourth-order valence-corrected chi connectivity index (χ4v) is 5.34. The molecule has 0 bridgehead atoms. The summed E-state index contributed by atoms with van der Waals surface area (Å²) in [5.74, 6) is -0.0371. The highest BCUT2D eigenvalue weighted by Gasteiger charge is 2.31. The van der Waals surface area contributed by atoms with Gasteiger partial charge >= 0.3 is 0 Å². The molecular formula is C28H34F2O2. The summed E-state index contributed by atoms with van der Waals surface area (Å²) in [5.41, 5.74) is 2.13. The quantitative estimate of drug-likeness (QED) is 0.429. The fourth-order valence-electron chi connectivity index (χ4n) is 5.34. The zero-order valence-electron chi connectivity index (χ0n) is 19.2. The van der Waals surface area contributed by atoms with Crippen molar-refractivity contribution < 1.29 is 18.3 Å². The van der Waals surface area contributed by atoms with Crippen molar-refractivity contribution in [3.8, 4) is 16.9 Å². The molecule has 2 fully saturated rings. The summed E-state index contributed by atoms with van der Waals surface area (Å²) in [7, 11) is 0. The second kappa shape index (κ2) is 10.6. The first-order valence-electron chi connectivity index (χ1n) is 12.1. The van der Waals surface area contributed by atoms with Gasteiger partial charge < -0.3 is 9.47 Å². The first-order chi connectivity index (χ1) is 15.6. The second-order valence-electron chi connectivity index (χ2n) is 9.14. The van der Waals surface area contributed by atoms with E-state index in [-0.39, 0.29) is 11.3 Å². The molecule has 2 atom stereocenters. The lowest BCUT2D eigenvalue weighted by atomic mass is 9.76. The number of benzene rings is 2. The van der Waals surface area contributed by atoms with Crippen LogP contribution in [0.5, 0.6) is 5.75 Å². The van der Waals surface area contributed by atoms with Gasteiger partial charge in [-0.2, -0.15) is 4.39 Å². The highest BCUT2D eigenvalue weighted by molar-refractivity contribution is 5.65. The minimum absolute atomic E-state index is 0.0467. The third-order valence-electron chi connectivity index (χ3n) is 7.16. The first-order valence-corrected chi connectivity index (χ1v) is 12.1. The summed E-state index contributed by atoms with van der Waals surface area (Å²) in [6, 6.07) is 10.9. The maximum absolute atomic E-state index is 14.5. The normalized spacial score (nSPS) is 26.4. The lowest BCUT2D eigenvalue weighted by Gasteiger charge is -2.37. The average Bonchev–Trinajstić information content (AvgIpc) is 2.83. The van der Waals surface area contributed by atoms with Crippen LogP contribution in [0.15, 0.2) is 48.6 Å². The van der Waals surface area contributed by atoms with Crippen LogP contribution in [0.3, 0.4) is 0 Å². The molecule has 2 aromatic rings. The molecule has 0 N–H and O–H groups in total. The van der Waals surface area contributed by atoms with Crippen molar-refractivity contribution in [2.45, 2.75) is 64.4 Å². The molecule has 2 nitrogen and oxygen atoms in total. The van der Waals surface area contributed by atoms with Gasteiger partial charge in [0.15, 0.2) is 11.6 Å². The van der Waals surface area contributed by atoms with Crippen molar-refractivity contribution in [3.05, 3.63) is 65.7 Å². The van der Waals surface area contributed by atoms with Crippen molar-refractivity contribution in [1.82, 2.24) is 0 Å². The minimum atomic E-state index is -0.931. The van der Waals surface area contributed by atoms with Crippen LogP contribution >= 0.6 is 0 Å². The largest absolute Gasteiger partial charge is 0.491 e. The molecule has 0 spiro atoms.